The maximum Gasteiger partial charge on any atom is 0.137 e. The highest BCUT2D eigenvalue weighted by Crippen LogP contribution is 2.44. The minimum atomic E-state index is -0.480. The number of methoxy groups -OCH3 is 1. The zero-order valence-electron chi connectivity index (χ0n) is 9.81. The second-order valence-corrected chi connectivity index (χ2v) is 4.71. The summed E-state index contributed by atoms with van der Waals surface area (Å²) in [6.07, 6.45) is 0.957. The Morgan fingerprint density at radius 2 is 2.35 bits per heavy atom. The number of aliphatic hydroxyl groups excluding tert-OH is 1. The van der Waals surface area contributed by atoms with E-state index >= 15 is 0 Å². The Labute approximate surface area is 100 Å². The first-order valence-electron chi connectivity index (χ1n) is 5.85. The minimum absolute atomic E-state index is 0.348. The molecule has 4 nitrogen and oxygen atoms in total. The van der Waals surface area contributed by atoms with E-state index in [2.05, 4.69) is 0 Å². The fourth-order valence-corrected chi connectivity index (χ4v) is 2.57. The molecule has 1 N–H and O–H groups in total. The SMILES string of the molecule is COc1ccc2c(c1)OC1(CCOC1)C[C@@H]2O. The van der Waals surface area contributed by atoms with E-state index in [1.54, 1.807) is 7.11 Å². The smallest absolute Gasteiger partial charge is 0.137 e. The van der Waals surface area contributed by atoms with Crippen molar-refractivity contribution in [2.24, 2.45) is 0 Å². The maximum absolute atomic E-state index is 10.2. The Morgan fingerprint density at radius 3 is 3.06 bits per heavy atom. The number of hydrogen-bond acceptors (Lipinski definition) is 4. The molecule has 2 aliphatic rings. The van der Waals surface area contributed by atoms with E-state index in [0.29, 0.717) is 25.4 Å². The summed E-state index contributed by atoms with van der Waals surface area (Å²) in [6, 6.07) is 5.54. The molecule has 0 aliphatic carbocycles. The first-order valence-corrected chi connectivity index (χ1v) is 5.85. The van der Waals surface area contributed by atoms with Crippen LogP contribution < -0.4 is 9.47 Å². The van der Waals surface area contributed by atoms with Crippen molar-refractivity contribution in [2.75, 3.05) is 20.3 Å². The van der Waals surface area contributed by atoms with Gasteiger partial charge in [0.15, 0.2) is 0 Å². The van der Waals surface area contributed by atoms with Gasteiger partial charge in [0.2, 0.25) is 0 Å². The minimum Gasteiger partial charge on any atom is -0.497 e. The average molecular weight is 236 g/mol. The summed E-state index contributed by atoms with van der Waals surface area (Å²) in [5.74, 6) is 1.46. The Kier molecular flexibility index (Phi) is 2.49. The molecule has 1 aromatic carbocycles. The van der Waals surface area contributed by atoms with E-state index in [4.69, 9.17) is 14.2 Å². The molecule has 4 heteroatoms. The van der Waals surface area contributed by atoms with E-state index in [9.17, 15) is 5.11 Å². The summed E-state index contributed by atoms with van der Waals surface area (Å²) < 4.78 is 16.6. The highest BCUT2D eigenvalue weighted by atomic mass is 16.6. The maximum atomic E-state index is 10.2. The lowest BCUT2D eigenvalue weighted by Crippen LogP contribution is -2.41. The molecule has 0 amide bonds. The second-order valence-electron chi connectivity index (χ2n) is 4.71. The highest BCUT2D eigenvalue weighted by molar-refractivity contribution is 5.44. The Morgan fingerprint density at radius 1 is 1.47 bits per heavy atom. The molecule has 92 valence electrons. The quantitative estimate of drug-likeness (QED) is 0.805. The molecule has 1 saturated heterocycles. The van der Waals surface area contributed by atoms with Crippen molar-refractivity contribution < 1.29 is 19.3 Å². The lowest BCUT2D eigenvalue weighted by Gasteiger charge is -2.37. The van der Waals surface area contributed by atoms with Gasteiger partial charge in [0.1, 0.15) is 17.1 Å². The fraction of sp³-hybridized carbons (Fsp3) is 0.538. The molecule has 1 unspecified atom stereocenters. The third-order valence-electron chi connectivity index (χ3n) is 3.54. The van der Waals surface area contributed by atoms with Gasteiger partial charge in [0.05, 0.1) is 26.4 Å². The van der Waals surface area contributed by atoms with Gasteiger partial charge in [-0.25, -0.2) is 0 Å². The lowest BCUT2D eigenvalue weighted by molar-refractivity contribution is -0.0195. The molecule has 0 aromatic heterocycles. The summed E-state index contributed by atoms with van der Waals surface area (Å²) in [5.41, 5.74) is 0.488. The van der Waals surface area contributed by atoms with Crippen LogP contribution in [0.3, 0.4) is 0 Å². The van der Waals surface area contributed by atoms with Crippen LogP contribution in [0.2, 0.25) is 0 Å². The van der Waals surface area contributed by atoms with Crippen LogP contribution >= 0.6 is 0 Å². The summed E-state index contributed by atoms with van der Waals surface area (Å²) in [4.78, 5) is 0. The largest absolute Gasteiger partial charge is 0.497 e. The van der Waals surface area contributed by atoms with Gasteiger partial charge in [0, 0.05) is 24.5 Å². The highest BCUT2D eigenvalue weighted by Gasteiger charge is 2.43. The molecule has 17 heavy (non-hydrogen) atoms. The third-order valence-corrected chi connectivity index (χ3v) is 3.54. The summed E-state index contributed by atoms with van der Waals surface area (Å²) in [5, 5.41) is 10.2. The van der Waals surface area contributed by atoms with E-state index in [1.807, 2.05) is 18.2 Å². The van der Waals surface area contributed by atoms with Crippen LogP contribution in [0.15, 0.2) is 18.2 Å². The topological polar surface area (TPSA) is 47.9 Å². The Balaban J connectivity index is 1.97. The van der Waals surface area contributed by atoms with Gasteiger partial charge in [-0.3, -0.25) is 0 Å². The van der Waals surface area contributed by atoms with E-state index in [1.165, 1.54) is 0 Å². The van der Waals surface area contributed by atoms with Crippen molar-refractivity contribution in [3.63, 3.8) is 0 Å². The van der Waals surface area contributed by atoms with E-state index in [-0.39, 0.29) is 5.60 Å². The van der Waals surface area contributed by atoms with Crippen LogP contribution in [0, 0.1) is 0 Å². The molecule has 2 atom stereocenters. The van der Waals surface area contributed by atoms with Gasteiger partial charge in [-0.05, 0) is 12.1 Å². The van der Waals surface area contributed by atoms with Crippen LogP contribution in [-0.4, -0.2) is 31.0 Å². The first-order chi connectivity index (χ1) is 8.22. The Bertz CT molecular complexity index is 423. The molecule has 2 heterocycles. The molecule has 0 radical (unpaired) electrons. The first kappa shape index (κ1) is 10.9. The van der Waals surface area contributed by atoms with Crippen molar-refractivity contribution >= 4 is 0 Å². The molecule has 2 aliphatic heterocycles. The standard InChI is InChI=1S/C13H16O4/c1-15-9-2-3-10-11(14)7-13(4-5-16-8-13)17-12(10)6-9/h2-3,6,11,14H,4-5,7-8H2,1H3/t11-,13?/m0/s1. The van der Waals surface area contributed by atoms with Crippen molar-refractivity contribution in [1.29, 1.82) is 0 Å². The van der Waals surface area contributed by atoms with Crippen molar-refractivity contribution in [1.82, 2.24) is 0 Å². The molecule has 1 spiro atoms. The molecule has 0 saturated carbocycles. The molecular weight excluding hydrogens is 220 g/mol. The van der Waals surface area contributed by atoms with Crippen molar-refractivity contribution in [3.8, 4) is 11.5 Å². The number of fused-ring (bicyclic) bond motifs is 1. The second kappa shape index (κ2) is 3.89. The summed E-state index contributed by atoms with van der Waals surface area (Å²) in [6.45, 7) is 1.26. The van der Waals surface area contributed by atoms with Gasteiger partial charge < -0.3 is 19.3 Å². The zero-order valence-corrected chi connectivity index (χ0v) is 9.81. The molecule has 3 rings (SSSR count). The lowest BCUT2D eigenvalue weighted by atomic mass is 9.88. The number of aliphatic hydroxyl groups is 1. The predicted molar refractivity (Wildman–Crippen MR) is 61.4 cm³/mol. The van der Waals surface area contributed by atoms with Gasteiger partial charge >= 0.3 is 0 Å². The van der Waals surface area contributed by atoms with Crippen LogP contribution in [-0.2, 0) is 4.74 Å². The van der Waals surface area contributed by atoms with Crippen LogP contribution in [0.25, 0.3) is 0 Å². The van der Waals surface area contributed by atoms with E-state index < -0.39 is 6.10 Å². The number of benzene rings is 1. The van der Waals surface area contributed by atoms with E-state index in [0.717, 1.165) is 17.7 Å². The summed E-state index contributed by atoms with van der Waals surface area (Å²) >= 11 is 0. The zero-order chi connectivity index (χ0) is 11.9. The monoisotopic (exact) mass is 236 g/mol. The van der Waals surface area contributed by atoms with Crippen molar-refractivity contribution in [2.45, 2.75) is 24.5 Å². The normalized spacial score (nSPS) is 31.1. The molecular formula is C13H16O4. The third kappa shape index (κ3) is 1.77. The van der Waals surface area contributed by atoms with Gasteiger partial charge in [-0.15, -0.1) is 0 Å². The molecule has 1 aromatic rings. The number of rotatable bonds is 1. The van der Waals surface area contributed by atoms with Crippen LogP contribution in [0.5, 0.6) is 11.5 Å². The number of hydrogen-bond donors (Lipinski definition) is 1. The fourth-order valence-electron chi connectivity index (χ4n) is 2.57. The van der Waals surface area contributed by atoms with Gasteiger partial charge in [0.25, 0.3) is 0 Å². The number of ether oxygens (including phenoxy) is 3. The van der Waals surface area contributed by atoms with Crippen LogP contribution in [0.4, 0.5) is 0 Å². The Hall–Kier alpha value is -1.26. The van der Waals surface area contributed by atoms with Crippen molar-refractivity contribution in [3.05, 3.63) is 23.8 Å². The predicted octanol–water partition coefficient (Wildman–Crippen LogP) is 1.67. The van der Waals surface area contributed by atoms with Crippen LogP contribution in [0.1, 0.15) is 24.5 Å². The van der Waals surface area contributed by atoms with Gasteiger partial charge in [-0.1, -0.05) is 0 Å². The molecule has 0 bridgehead atoms. The van der Waals surface area contributed by atoms with Gasteiger partial charge in [-0.2, -0.15) is 0 Å². The molecule has 1 fully saturated rings. The summed E-state index contributed by atoms with van der Waals surface area (Å²) in [7, 11) is 1.62. The average Bonchev–Trinajstić information content (AvgIpc) is 2.76.